The van der Waals surface area contributed by atoms with E-state index in [4.69, 9.17) is 14.0 Å². The molecule has 1 fully saturated rings. The molecule has 0 unspecified atom stereocenters. The van der Waals surface area contributed by atoms with Gasteiger partial charge in [0.25, 0.3) is 5.89 Å². The molecule has 1 saturated carbocycles. The highest BCUT2D eigenvalue weighted by atomic mass is 16.5. The van der Waals surface area contributed by atoms with Gasteiger partial charge in [-0.15, -0.1) is 0 Å². The predicted molar refractivity (Wildman–Crippen MR) is 93.1 cm³/mol. The minimum atomic E-state index is 0.538. The first-order valence-electron chi connectivity index (χ1n) is 8.51. The van der Waals surface area contributed by atoms with Gasteiger partial charge in [0, 0.05) is 12.5 Å². The molecule has 1 aromatic heterocycles. The largest absolute Gasteiger partial charge is 0.493 e. The van der Waals surface area contributed by atoms with E-state index in [1.54, 1.807) is 14.2 Å². The standard InChI is InChI=1S/C19H24N2O3/c1-22-16-10-8-15(12-17(16)23-2)9-11-19-20-18(21-24-19)13-14-6-4-3-5-7-14/h8-12,14H,3-7,13H2,1-2H3/b11-9+. The van der Waals surface area contributed by atoms with Crippen molar-refractivity contribution in [1.29, 1.82) is 0 Å². The number of benzene rings is 1. The number of hydrogen-bond acceptors (Lipinski definition) is 5. The van der Waals surface area contributed by atoms with E-state index in [1.165, 1.54) is 32.1 Å². The molecule has 0 amide bonds. The highest BCUT2D eigenvalue weighted by Gasteiger charge is 2.16. The minimum Gasteiger partial charge on any atom is -0.493 e. The average molecular weight is 328 g/mol. The van der Waals surface area contributed by atoms with Gasteiger partial charge in [0.15, 0.2) is 17.3 Å². The molecule has 1 aliphatic rings. The third kappa shape index (κ3) is 4.16. The first kappa shape index (κ1) is 16.6. The fourth-order valence-electron chi connectivity index (χ4n) is 3.19. The summed E-state index contributed by atoms with van der Waals surface area (Å²) in [6.45, 7) is 0. The van der Waals surface area contributed by atoms with Gasteiger partial charge < -0.3 is 14.0 Å². The Morgan fingerprint density at radius 2 is 1.88 bits per heavy atom. The van der Waals surface area contributed by atoms with E-state index in [1.807, 2.05) is 30.4 Å². The Morgan fingerprint density at radius 3 is 2.62 bits per heavy atom. The second kappa shape index (κ2) is 7.99. The third-order valence-electron chi connectivity index (χ3n) is 4.51. The molecule has 2 aromatic rings. The molecule has 1 aromatic carbocycles. The molecule has 0 atom stereocenters. The molecule has 128 valence electrons. The van der Waals surface area contributed by atoms with E-state index < -0.39 is 0 Å². The number of aromatic nitrogens is 2. The van der Waals surface area contributed by atoms with Crippen LogP contribution in [-0.2, 0) is 6.42 Å². The van der Waals surface area contributed by atoms with Crippen LogP contribution in [0.25, 0.3) is 12.2 Å². The maximum atomic E-state index is 5.33. The van der Waals surface area contributed by atoms with Gasteiger partial charge in [-0.1, -0.05) is 43.3 Å². The molecule has 0 radical (unpaired) electrons. The fraction of sp³-hybridized carbons (Fsp3) is 0.474. The van der Waals surface area contributed by atoms with Gasteiger partial charge in [0.1, 0.15) is 0 Å². The molecule has 3 rings (SSSR count). The van der Waals surface area contributed by atoms with Crippen molar-refractivity contribution in [3.8, 4) is 11.5 Å². The van der Waals surface area contributed by atoms with E-state index in [9.17, 15) is 0 Å². The van der Waals surface area contributed by atoms with Crippen LogP contribution >= 0.6 is 0 Å². The van der Waals surface area contributed by atoms with Gasteiger partial charge in [-0.05, 0) is 29.7 Å². The molecule has 5 heteroatoms. The Balaban J connectivity index is 1.64. The van der Waals surface area contributed by atoms with Crippen molar-refractivity contribution in [3.05, 3.63) is 35.5 Å². The van der Waals surface area contributed by atoms with Gasteiger partial charge in [-0.25, -0.2) is 0 Å². The highest BCUT2D eigenvalue weighted by Crippen LogP contribution is 2.28. The molecule has 1 heterocycles. The lowest BCUT2D eigenvalue weighted by Gasteiger charge is -2.19. The number of ether oxygens (including phenoxy) is 2. The van der Waals surface area contributed by atoms with Crippen LogP contribution in [0, 0.1) is 5.92 Å². The smallest absolute Gasteiger partial charge is 0.250 e. The van der Waals surface area contributed by atoms with Crippen LogP contribution < -0.4 is 9.47 Å². The predicted octanol–water partition coefficient (Wildman–Crippen LogP) is 4.38. The molecule has 1 aliphatic carbocycles. The van der Waals surface area contributed by atoms with Crippen LogP contribution in [0.15, 0.2) is 22.7 Å². The number of nitrogens with zero attached hydrogens (tertiary/aromatic N) is 2. The summed E-state index contributed by atoms with van der Waals surface area (Å²) < 4.78 is 15.9. The quantitative estimate of drug-likeness (QED) is 0.787. The maximum absolute atomic E-state index is 5.33. The summed E-state index contributed by atoms with van der Waals surface area (Å²) >= 11 is 0. The Hall–Kier alpha value is -2.30. The van der Waals surface area contributed by atoms with Crippen molar-refractivity contribution >= 4 is 12.2 Å². The number of rotatable bonds is 6. The van der Waals surface area contributed by atoms with Gasteiger partial charge >= 0.3 is 0 Å². The molecule has 0 saturated heterocycles. The van der Waals surface area contributed by atoms with Crippen molar-refractivity contribution in [2.24, 2.45) is 5.92 Å². The second-order valence-corrected chi connectivity index (χ2v) is 6.20. The molecular formula is C19H24N2O3. The highest BCUT2D eigenvalue weighted by molar-refractivity contribution is 5.67. The molecule has 0 spiro atoms. The number of methoxy groups -OCH3 is 2. The molecular weight excluding hydrogens is 304 g/mol. The summed E-state index contributed by atoms with van der Waals surface area (Å²) in [6.07, 6.45) is 11.3. The van der Waals surface area contributed by atoms with Crippen molar-refractivity contribution in [3.63, 3.8) is 0 Å². The van der Waals surface area contributed by atoms with Crippen LogP contribution in [0.1, 0.15) is 49.4 Å². The van der Waals surface area contributed by atoms with Gasteiger partial charge in [0.05, 0.1) is 14.2 Å². The Kier molecular flexibility index (Phi) is 5.51. The summed E-state index contributed by atoms with van der Waals surface area (Å²) in [4.78, 5) is 4.48. The Morgan fingerprint density at radius 1 is 1.08 bits per heavy atom. The second-order valence-electron chi connectivity index (χ2n) is 6.20. The zero-order valence-electron chi connectivity index (χ0n) is 14.3. The van der Waals surface area contributed by atoms with Crippen molar-refractivity contribution in [2.45, 2.75) is 38.5 Å². The van der Waals surface area contributed by atoms with E-state index in [2.05, 4.69) is 10.1 Å². The zero-order valence-corrected chi connectivity index (χ0v) is 14.3. The lowest BCUT2D eigenvalue weighted by molar-refractivity contribution is 0.342. The molecule has 0 bridgehead atoms. The first-order valence-corrected chi connectivity index (χ1v) is 8.51. The maximum Gasteiger partial charge on any atom is 0.250 e. The van der Waals surface area contributed by atoms with Gasteiger partial charge in [-0.3, -0.25) is 0 Å². The van der Waals surface area contributed by atoms with E-state index in [0.29, 0.717) is 23.3 Å². The van der Waals surface area contributed by atoms with Crippen LogP contribution in [0.4, 0.5) is 0 Å². The third-order valence-corrected chi connectivity index (χ3v) is 4.51. The normalized spacial score (nSPS) is 15.8. The number of hydrogen-bond donors (Lipinski definition) is 0. The summed E-state index contributed by atoms with van der Waals surface area (Å²) in [6, 6.07) is 5.74. The Bertz CT molecular complexity index is 688. The zero-order chi connectivity index (χ0) is 16.8. The summed E-state index contributed by atoms with van der Waals surface area (Å²) in [5.74, 6) is 3.47. The minimum absolute atomic E-state index is 0.538. The summed E-state index contributed by atoms with van der Waals surface area (Å²) in [7, 11) is 3.25. The van der Waals surface area contributed by atoms with E-state index in [0.717, 1.165) is 17.8 Å². The monoisotopic (exact) mass is 328 g/mol. The van der Waals surface area contributed by atoms with Crippen molar-refractivity contribution in [2.75, 3.05) is 14.2 Å². The van der Waals surface area contributed by atoms with E-state index >= 15 is 0 Å². The first-order chi connectivity index (χ1) is 11.8. The Labute approximate surface area is 142 Å². The van der Waals surface area contributed by atoms with Crippen LogP contribution in [-0.4, -0.2) is 24.4 Å². The van der Waals surface area contributed by atoms with Gasteiger partial charge in [0.2, 0.25) is 0 Å². The van der Waals surface area contributed by atoms with E-state index in [-0.39, 0.29) is 0 Å². The topological polar surface area (TPSA) is 57.4 Å². The average Bonchev–Trinajstić information content (AvgIpc) is 3.08. The summed E-state index contributed by atoms with van der Waals surface area (Å²) in [5, 5.41) is 4.10. The lowest BCUT2D eigenvalue weighted by Crippen LogP contribution is -2.10. The van der Waals surface area contributed by atoms with Crippen LogP contribution in [0.3, 0.4) is 0 Å². The van der Waals surface area contributed by atoms with Crippen LogP contribution in [0.2, 0.25) is 0 Å². The molecule has 0 N–H and O–H groups in total. The molecule has 0 aliphatic heterocycles. The molecule has 5 nitrogen and oxygen atoms in total. The fourth-order valence-corrected chi connectivity index (χ4v) is 3.19. The van der Waals surface area contributed by atoms with Gasteiger partial charge in [-0.2, -0.15) is 4.98 Å². The van der Waals surface area contributed by atoms with Crippen molar-refractivity contribution in [1.82, 2.24) is 10.1 Å². The summed E-state index contributed by atoms with van der Waals surface area (Å²) in [5.41, 5.74) is 0.986. The molecule has 24 heavy (non-hydrogen) atoms. The SMILES string of the molecule is COc1ccc(/C=C/c2nc(CC3CCCCC3)no2)cc1OC. The lowest BCUT2D eigenvalue weighted by atomic mass is 9.87. The van der Waals surface area contributed by atoms with Crippen molar-refractivity contribution < 1.29 is 14.0 Å². The van der Waals surface area contributed by atoms with Crippen LogP contribution in [0.5, 0.6) is 11.5 Å².